The molecular weight excluding hydrogens is 326 g/mol. The van der Waals surface area contributed by atoms with Crippen LogP contribution in [0.2, 0.25) is 0 Å². The highest BCUT2D eigenvalue weighted by Crippen LogP contribution is 2.31. The smallest absolute Gasteiger partial charge is 0.253 e. The summed E-state index contributed by atoms with van der Waals surface area (Å²) in [5.74, 6) is 0.584. The van der Waals surface area contributed by atoms with Gasteiger partial charge in [0.1, 0.15) is 0 Å². The minimum atomic E-state index is 0.00414. The first kappa shape index (κ1) is 18.4. The highest BCUT2D eigenvalue weighted by molar-refractivity contribution is 5.98. The monoisotopic (exact) mass is 353 g/mol. The van der Waals surface area contributed by atoms with Crippen LogP contribution in [0.5, 0.6) is 0 Å². The lowest BCUT2D eigenvalue weighted by Crippen LogP contribution is -2.51. The average Bonchev–Trinajstić information content (AvgIpc) is 2.55. The van der Waals surface area contributed by atoms with Gasteiger partial charge in [-0.15, -0.1) is 0 Å². The molecule has 3 rings (SSSR count). The summed E-state index contributed by atoms with van der Waals surface area (Å²) in [4.78, 5) is 30.2. The number of hydrogen-bond acceptors (Lipinski definition) is 3. The number of aromatic nitrogens is 1. The largest absolute Gasteiger partial charge is 0.356 e. The van der Waals surface area contributed by atoms with Crippen LogP contribution in [0, 0.1) is 18.3 Å². The maximum Gasteiger partial charge on any atom is 0.253 e. The number of carbonyl (C=O) groups is 2. The molecule has 1 aliphatic heterocycles. The van der Waals surface area contributed by atoms with Gasteiger partial charge in [-0.2, -0.15) is 0 Å². The van der Waals surface area contributed by atoms with Crippen molar-refractivity contribution in [2.24, 2.45) is 11.3 Å². The molecule has 5 nitrogen and oxygen atoms in total. The molecule has 0 aliphatic carbocycles. The Morgan fingerprint density at radius 1 is 1.23 bits per heavy atom. The molecule has 2 amide bonds. The van der Waals surface area contributed by atoms with Gasteiger partial charge in [0.25, 0.3) is 5.91 Å². The van der Waals surface area contributed by atoms with Gasteiger partial charge in [-0.3, -0.25) is 14.6 Å². The van der Waals surface area contributed by atoms with Gasteiger partial charge < -0.3 is 10.2 Å². The third-order valence-corrected chi connectivity index (χ3v) is 4.98. The average molecular weight is 353 g/mol. The highest BCUT2D eigenvalue weighted by atomic mass is 16.2. The molecule has 0 atom stereocenters. The van der Waals surface area contributed by atoms with Crippen molar-refractivity contribution in [3.05, 3.63) is 41.6 Å². The summed E-state index contributed by atoms with van der Waals surface area (Å²) >= 11 is 0. The zero-order chi connectivity index (χ0) is 18.9. The van der Waals surface area contributed by atoms with Gasteiger partial charge >= 0.3 is 0 Å². The molecule has 1 saturated heterocycles. The maximum absolute atomic E-state index is 12.7. The number of nitrogens with zero attached hydrogens (tertiary/aromatic N) is 2. The van der Waals surface area contributed by atoms with E-state index in [1.807, 2.05) is 42.2 Å². The molecule has 2 aromatic rings. The topological polar surface area (TPSA) is 62.3 Å². The summed E-state index contributed by atoms with van der Waals surface area (Å²) in [5, 5.41) is 3.89. The second-order valence-corrected chi connectivity index (χ2v) is 8.21. The fourth-order valence-electron chi connectivity index (χ4n) is 3.63. The molecule has 0 saturated carbocycles. The fraction of sp³-hybridized carbons (Fsp3) is 0.476. The third kappa shape index (κ3) is 4.21. The SMILES string of the molecule is CC(=O)NCC(C)(C)CC1CN(C(=O)c2ccc3nc(C)ccc3c2)C1. The number of carbonyl (C=O) groups excluding carboxylic acids is 2. The van der Waals surface area contributed by atoms with Crippen molar-refractivity contribution in [2.75, 3.05) is 19.6 Å². The molecule has 1 fully saturated rings. The summed E-state index contributed by atoms with van der Waals surface area (Å²) in [7, 11) is 0. The summed E-state index contributed by atoms with van der Waals surface area (Å²) in [5.41, 5.74) is 2.66. The molecule has 1 aromatic heterocycles. The lowest BCUT2D eigenvalue weighted by molar-refractivity contribution is -0.119. The number of amides is 2. The van der Waals surface area contributed by atoms with E-state index in [4.69, 9.17) is 0 Å². The minimum Gasteiger partial charge on any atom is -0.356 e. The van der Waals surface area contributed by atoms with E-state index < -0.39 is 0 Å². The number of nitrogens with one attached hydrogen (secondary N) is 1. The Morgan fingerprint density at radius 2 is 1.96 bits per heavy atom. The number of rotatable bonds is 5. The molecule has 138 valence electrons. The van der Waals surface area contributed by atoms with E-state index in [-0.39, 0.29) is 17.2 Å². The zero-order valence-corrected chi connectivity index (χ0v) is 16.0. The van der Waals surface area contributed by atoms with Crippen LogP contribution in [0.15, 0.2) is 30.3 Å². The molecule has 0 unspecified atom stereocenters. The predicted octanol–water partition coefficient (Wildman–Crippen LogP) is 3.17. The number of aryl methyl sites for hydroxylation is 1. The predicted molar refractivity (Wildman–Crippen MR) is 103 cm³/mol. The number of likely N-dealkylation sites (tertiary alicyclic amines) is 1. The second kappa shape index (κ2) is 7.06. The Morgan fingerprint density at radius 3 is 2.65 bits per heavy atom. The number of benzene rings is 1. The van der Waals surface area contributed by atoms with Gasteiger partial charge in [-0.25, -0.2) is 0 Å². The van der Waals surface area contributed by atoms with E-state index in [1.54, 1.807) is 6.92 Å². The Kier molecular flexibility index (Phi) is 4.99. The molecule has 1 aliphatic rings. The van der Waals surface area contributed by atoms with Gasteiger partial charge in [-0.1, -0.05) is 19.9 Å². The highest BCUT2D eigenvalue weighted by Gasteiger charge is 2.35. The van der Waals surface area contributed by atoms with Crippen molar-refractivity contribution >= 4 is 22.7 Å². The van der Waals surface area contributed by atoms with Crippen molar-refractivity contribution in [3.63, 3.8) is 0 Å². The third-order valence-electron chi connectivity index (χ3n) is 4.98. The Labute approximate surface area is 154 Å². The van der Waals surface area contributed by atoms with E-state index in [2.05, 4.69) is 24.1 Å². The van der Waals surface area contributed by atoms with Crippen LogP contribution in [0.3, 0.4) is 0 Å². The zero-order valence-electron chi connectivity index (χ0n) is 16.0. The quantitative estimate of drug-likeness (QED) is 0.898. The van der Waals surface area contributed by atoms with Crippen LogP contribution in [0.25, 0.3) is 10.9 Å². The molecule has 1 aromatic carbocycles. The van der Waals surface area contributed by atoms with Crippen LogP contribution in [-0.4, -0.2) is 41.3 Å². The molecular formula is C21H27N3O2. The number of pyridine rings is 1. The van der Waals surface area contributed by atoms with Crippen LogP contribution >= 0.6 is 0 Å². The van der Waals surface area contributed by atoms with Crippen molar-refractivity contribution in [1.82, 2.24) is 15.2 Å². The van der Waals surface area contributed by atoms with Crippen LogP contribution < -0.4 is 5.32 Å². The van der Waals surface area contributed by atoms with E-state index in [9.17, 15) is 9.59 Å². The van der Waals surface area contributed by atoms with Gasteiger partial charge in [0.15, 0.2) is 0 Å². The lowest BCUT2D eigenvalue weighted by atomic mass is 9.79. The van der Waals surface area contributed by atoms with Crippen LogP contribution in [0.1, 0.15) is 43.2 Å². The molecule has 0 radical (unpaired) electrons. The molecule has 0 bridgehead atoms. The first-order valence-corrected chi connectivity index (χ1v) is 9.15. The molecule has 0 spiro atoms. The second-order valence-electron chi connectivity index (χ2n) is 8.21. The van der Waals surface area contributed by atoms with E-state index >= 15 is 0 Å². The van der Waals surface area contributed by atoms with Gasteiger partial charge in [0, 0.05) is 43.2 Å². The molecule has 2 heterocycles. The molecule has 26 heavy (non-hydrogen) atoms. The Bertz CT molecular complexity index is 838. The summed E-state index contributed by atoms with van der Waals surface area (Å²) < 4.78 is 0. The normalized spacial score (nSPS) is 15.0. The Hall–Kier alpha value is -2.43. The lowest BCUT2D eigenvalue weighted by Gasteiger charge is -2.43. The summed E-state index contributed by atoms with van der Waals surface area (Å²) in [6.45, 7) is 10.1. The van der Waals surface area contributed by atoms with Crippen molar-refractivity contribution in [2.45, 2.75) is 34.1 Å². The van der Waals surface area contributed by atoms with Crippen LogP contribution in [-0.2, 0) is 4.79 Å². The van der Waals surface area contributed by atoms with Crippen molar-refractivity contribution < 1.29 is 9.59 Å². The Balaban J connectivity index is 1.58. The molecule has 5 heteroatoms. The van der Waals surface area contributed by atoms with Gasteiger partial charge in [0.2, 0.25) is 5.91 Å². The van der Waals surface area contributed by atoms with E-state index in [0.29, 0.717) is 12.5 Å². The summed E-state index contributed by atoms with van der Waals surface area (Å²) in [6.07, 6.45) is 0.998. The van der Waals surface area contributed by atoms with Crippen molar-refractivity contribution in [1.29, 1.82) is 0 Å². The fourth-order valence-corrected chi connectivity index (χ4v) is 3.63. The van der Waals surface area contributed by atoms with E-state index in [0.717, 1.165) is 41.7 Å². The number of hydrogen-bond donors (Lipinski definition) is 1. The van der Waals surface area contributed by atoms with Crippen molar-refractivity contribution in [3.8, 4) is 0 Å². The van der Waals surface area contributed by atoms with Gasteiger partial charge in [0.05, 0.1) is 5.52 Å². The standard InChI is InChI=1S/C21H27N3O2/c1-14-5-6-17-9-18(7-8-19(17)23-14)20(26)24-11-16(12-24)10-21(3,4)13-22-15(2)25/h5-9,16H,10-13H2,1-4H3,(H,22,25). The minimum absolute atomic E-state index is 0.00414. The first-order chi connectivity index (χ1) is 12.2. The van der Waals surface area contributed by atoms with E-state index in [1.165, 1.54) is 0 Å². The summed E-state index contributed by atoms with van der Waals surface area (Å²) in [6, 6.07) is 9.69. The number of fused-ring (bicyclic) bond motifs is 1. The first-order valence-electron chi connectivity index (χ1n) is 9.15. The maximum atomic E-state index is 12.7. The van der Waals surface area contributed by atoms with Crippen LogP contribution in [0.4, 0.5) is 0 Å². The van der Waals surface area contributed by atoms with Gasteiger partial charge in [-0.05, 0) is 48.9 Å². The molecule has 1 N–H and O–H groups in total.